The summed E-state index contributed by atoms with van der Waals surface area (Å²) in [6.45, 7) is 5.33. The van der Waals surface area contributed by atoms with Crippen LogP contribution in [0.1, 0.15) is 25.7 Å². The second-order valence-electron chi connectivity index (χ2n) is 8.23. The van der Waals surface area contributed by atoms with Crippen molar-refractivity contribution in [3.8, 4) is 6.07 Å². The van der Waals surface area contributed by atoms with Crippen molar-refractivity contribution < 1.29 is 14.3 Å². The summed E-state index contributed by atoms with van der Waals surface area (Å²) in [4.78, 5) is 30.6. The van der Waals surface area contributed by atoms with Crippen molar-refractivity contribution in [2.75, 3.05) is 52.5 Å². The van der Waals surface area contributed by atoms with Gasteiger partial charge in [0.15, 0.2) is 0 Å². The standard InChI is InChI=1S/C19H29N5O3.ClH/c20-10-17-2-1-3-24(17)18(25)11-21-16-8-14-12-23(13-15(14)9-16)19(26)22-4-6-27-7-5-22;/h14-17,21H,1-9,11-13H2;1H/t14-,15-,17?;/m1./s1. The van der Waals surface area contributed by atoms with Crippen LogP contribution in [0, 0.1) is 23.2 Å². The van der Waals surface area contributed by atoms with Crippen molar-refractivity contribution in [2.24, 2.45) is 11.8 Å². The summed E-state index contributed by atoms with van der Waals surface area (Å²) in [6.07, 6.45) is 3.76. The van der Waals surface area contributed by atoms with E-state index in [9.17, 15) is 9.59 Å². The normalized spacial score (nSPS) is 30.1. The van der Waals surface area contributed by atoms with E-state index in [1.807, 2.05) is 9.80 Å². The number of hydrogen-bond donors (Lipinski definition) is 1. The average Bonchev–Trinajstić information content (AvgIpc) is 3.40. The Hall–Kier alpha value is -1.56. The van der Waals surface area contributed by atoms with Crippen LogP contribution in [0.5, 0.6) is 0 Å². The van der Waals surface area contributed by atoms with Crippen LogP contribution in [0.2, 0.25) is 0 Å². The molecular weight excluding hydrogens is 382 g/mol. The van der Waals surface area contributed by atoms with Crippen LogP contribution in [0.15, 0.2) is 0 Å². The molecule has 4 aliphatic rings. The van der Waals surface area contributed by atoms with Crippen LogP contribution in [0.25, 0.3) is 0 Å². The molecular formula is C19H30ClN5O3. The van der Waals surface area contributed by atoms with Gasteiger partial charge in [0, 0.05) is 38.8 Å². The first-order valence-corrected chi connectivity index (χ1v) is 10.2. The first kappa shape index (κ1) is 21.2. The van der Waals surface area contributed by atoms with Crippen molar-refractivity contribution in [1.29, 1.82) is 5.26 Å². The van der Waals surface area contributed by atoms with E-state index in [1.54, 1.807) is 4.90 Å². The Morgan fingerprint density at radius 1 is 1.07 bits per heavy atom. The minimum atomic E-state index is -0.248. The lowest BCUT2D eigenvalue weighted by Crippen LogP contribution is -2.48. The number of nitriles is 1. The van der Waals surface area contributed by atoms with Gasteiger partial charge < -0.3 is 24.8 Å². The number of ether oxygens (including phenoxy) is 1. The molecule has 28 heavy (non-hydrogen) atoms. The smallest absolute Gasteiger partial charge is 0.320 e. The Morgan fingerprint density at radius 3 is 2.39 bits per heavy atom. The van der Waals surface area contributed by atoms with Gasteiger partial charge in [0.25, 0.3) is 0 Å². The molecule has 3 atom stereocenters. The van der Waals surface area contributed by atoms with E-state index < -0.39 is 0 Å². The van der Waals surface area contributed by atoms with Crippen LogP contribution < -0.4 is 5.32 Å². The summed E-state index contributed by atoms with van der Waals surface area (Å²) in [5.74, 6) is 1.10. The van der Waals surface area contributed by atoms with Gasteiger partial charge in [0.1, 0.15) is 6.04 Å². The lowest BCUT2D eigenvalue weighted by molar-refractivity contribution is -0.130. The number of nitrogens with zero attached hydrogens (tertiary/aromatic N) is 4. The molecule has 9 heteroatoms. The van der Waals surface area contributed by atoms with Crippen LogP contribution in [0.4, 0.5) is 4.79 Å². The number of fused-ring (bicyclic) bond motifs is 1. The maximum atomic E-state index is 12.6. The van der Waals surface area contributed by atoms with Gasteiger partial charge in [-0.25, -0.2) is 4.79 Å². The first-order chi connectivity index (χ1) is 13.2. The van der Waals surface area contributed by atoms with E-state index in [1.165, 1.54) is 0 Å². The summed E-state index contributed by atoms with van der Waals surface area (Å²) in [5, 5.41) is 12.5. The summed E-state index contributed by atoms with van der Waals surface area (Å²) < 4.78 is 5.33. The fourth-order valence-corrected chi connectivity index (χ4v) is 5.11. The van der Waals surface area contributed by atoms with Gasteiger partial charge in [-0.1, -0.05) is 0 Å². The molecule has 3 heterocycles. The van der Waals surface area contributed by atoms with E-state index in [0.717, 1.165) is 38.8 Å². The van der Waals surface area contributed by atoms with Gasteiger partial charge in [-0.15, -0.1) is 12.4 Å². The number of carbonyl (C=O) groups excluding carboxylic acids is 2. The number of morpholine rings is 1. The first-order valence-electron chi connectivity index (χ1n) is 10.2. The quantitative estimate of drug-likeness (QED) is 0.737. The Morgan fingerprint density at radius 2 is 1.75 bits per heavy atom. The van der Waals surface area contributed by atoms with E-state index in [0.29, 0.717) is 57.3 Å². The van der Waals surface area contributed by atoms with Crippen molar-refractivity contribution in [3.05, 3.63) is 0 Å². The van der Waals surface area contributed by atoms with E-state index in [4.69, 9.17) is 10.00 Å². The highest BCUT2D eigenvalue weighted by Gasteiger charge is 2.43. The van der Waals surface area contributed by atoms with Gasteiger partial charge in [-0.05, 0) is 37.5 Å². The number of halogens is 1. The largest absolute Gasteiger partial charge is 0.378 e. The number of carbonyl (C=O) groups is 2. The van der Waals surface area contributed by atoms with Crippen molar-refractivity contribution in [3.63, 3.8) is 0 Å². The topological polar surface area (TPSA) is 88.9 Å². The molecule has 1 saturated carbocycles. The predicted octanol–water partition coefficient (Wildman–Crippen LogP) is 0.675. The molecule has 1 N–H and O–H groups in total. The molecule has 1 unspecified atom stereocenters. The molecule has 4 rings (SSSR count). The molecule has 8 nitrogen and oxygen atoms in total. The fraction of sp³-hybridized carbons (Fsp3) is 0.842. The third kappa shape index (κ3) is 4.37. The average molecular weight is 412 g/mol. The highest BCUT2D eigenvalue weighted by Crippen LogP contribution is 2.38. The van der Waals surface area contributed by atoms with Gasteiger partial charge in [-0.3, -0.25) is 4.79 Å². The van der Waals surface area contributed by atoms with Crippen LogP contribution in [-0.4, -0.2) is 91.2 Å². The molecule has 3 amide bonds. The zero-order valence-electron chi connectivity index (χ0n) is 16.2. The third-order valence-corrected chi connectivity index (χ3v) is 6.57. The molecule has 1 aliphatic carbocycles. The second-order valence-corrected chi connectivity index (χ2v) is 8.23. The summed E-state index contributed by atoms with van der Waals surface area (Å²) >= 11 is 0. The second kappa shape index (κ2) is 9.29. The maximum absolute atomic E-state index is 12.6. The van der Waals surface area contributed by atoms with Crippen LogP contribution >= 0.6 is 12.4 Å². The highest BCUT2D eigenvalue weighted by molar-refractivity contribution is 5.85. The van der Waals surface area contributed by atoms with Gasteiger partial charge in [0.05, 0.1) is 25.8 Å². The Bertz CT molecular complexity index is 607. The number of hydrogen-bond acceptors (Lipinski definition) is 5. The zero-order valence-corrected chi connectivity index (χ0v) is 17.0. The fourth-order valence-electron chi connectivity index (χ4n) is 5.11. The van der Waals surface area contributed by atoms with Crippen molar-refractivity contribution in [2.45, 2.75) is 37.8 Å². The summed E-state index contributed by atoms with van der Waals surface area (Å²) in [6, 6.07) is 2.47. The molecule has 0 radical (unpaired) electrons. The van der Waals surface area contributed by atoms with Crippen molar-refractivity contribution >= 4 is 24.3 Å². The minimum absolute atomic E-state index is 0. The van der Waals surface area contributed by atoms with E-state index >= 15 is 0 Å². The molecule has 0 aromatic heterocycles. The lowest BCUT2D eigenvalue weighted by atomic mass is 10.0. The number of urea groups is 1. The Labute approximate surface area is 172 Å². The van der Waals surface area contributed by atoms with E-state index in [-0.39, 0.29) is 30.4 Å². The van der Waals surface area contributed by atoms with Crippen LogP contribution in [-0.2, 0) is 9.53 Å². The van der Waals surface area contributed by atoms with Gasteiger partial charge >= 0.3 is 6.03 Å². The number of nitrogens with one attached hydrogen (secondary N) is 1. The lowest BCUT2D eigenvalue weighted by Gasteiger charge is -2.31. The molecule has 3 saturated heterocycles. The van der Waals surface area contributed by atoms with Gasteiger partial charge in [0.2, 0.25) is 5.91 Å². The molecule has 0 aromatic carbocycles. The summed E-state index contributed by atoms with van der Waals surface area (Å²) in [7, 11) is 0. The van der Waals surface area contributed by atoms with E-state index in [2.05, 4.69) is 11.4 Å². The molecule has 0 spiro atoms. The van der Waals surface area contributed by atoms with Crippen molar-refractivity contribution in [1.82, 2.24) is 20.0 Å². The monoisotopic (exact) mass is 411 g/mol. The Balaban J connectivity index is 0.00000225. The number of likely N-dealkylation sites (tertiary alicyclic amines) is 2. The third-order valence-electron chi connectivity index (χ3n) is 6.57. The van der Waals surface area contributed by atoms with Crippen LogP contribution in [0.3, 0.4) is 0 Å². The predicted molar refractivity (Wildman–Crippen MR) is 105 cm³/mol. The maximum Gasteiger partial charge on any atom is 0.320 e. The highest BCUT2D eigenvalue weighted by atomic mass is 35.5. The zero-order chi connectivity index (χ0) is 18.8. The molecule has 4 fully saturated rings. The van der Waals surface area contributed by atoms with Gasteiger partial charge in [-0.2, -0.15) is 5.26 Å². The minimum Gasteiger partial charge on any atom is -0.378 e. The molecule has 0 aromatic rings. The molecule has 0 bridgehead atoms. The molecule has 156 valence electrons. The summed E-state index contributed by atoms with van der Waals surface area (Å²) in [5.41, 5.74) is 0. The Kier molecular flexibility index (Phi) is 7.02. The molecule has 3 aliphatic heterocycles. The SMILES string of the molecule is Cl.N#CC1CCCN1C(=O)CNC1C[C@@H]2CN(C(=O)N3CCOCC3)C[C@H]2C1. The number of amides is 3. The number of rotatable bonds is 3.